The Morgan fingerprint density at radius 2 is 1.77 bits per heavy atom. The second-order valence-electron chi connectivity index (χ2n) is 14.6. The van der Waals surface area contributed by atoms with E-state index in [9.17, 15) is 27.2 Å². The summed E-state index contributed by atoms with van der Waals surface area (Å²) in [7, 11) is 0. The van der Waals surface area contributed by atoms with Gasteiger partial charge in [0.1, 0.15) is 17.5 Å². The van der Waals surface area contributed by atoms with E-state index in [1.54, 1.807) is 48.9 Å². The zero-order valence-corrected chi connectivity index (χ0v) is 27.9. The highest BCUT2D eigenvalue weighted by molar-refractivity contribution is 5.97. The third-order valence-corrected chi connectivity index (χ3v) is 9.02. The minimum atomic E-state index is -4.49. The van der Waals surface area contributed by atoms with E-state index in [-0.39, 0.29) is 57.1 Å². The molecule has 1 aromatic heterocycles. The van der Waals surface area contributed by atoms with E-state index in [1.807, 2.05) is 31.7 Å². The number of rotatable bonds is 6. The van der Waals surface area contributed by atoms with Crippen LogP contribution in [0.25, 0.3) is 0 Å². The molecule has 13 heteroatoms. The monoisotopic (exact) mass is 663 g/mol. The predicted octanol–water partition coefficient (Wildman–Crippen LogP) is 5.01. The fourth-order valence-corrected chi connectivity index (χ4v) is 6.67. The van der Waals surface area contributed by atoms with Gasteiger partial charge in [0, 0.05) is 56.4 Å². The van der Waals surface area contributed by atoms with Crippen molar-refractivity contribution >= 4 is 17.7 Å². The third-order valence-electron chi connectivity index (χ3n) is 9.02. The number of nitrogens with zero attached hydrogens (tertiary/aromatic N) is 5. The van der Waals surface area contributed by atoms with Crippen molar-refractivity contribution in [3.05, 3.63) is 59.2 Å². The number of morpholine rings is 1. The van der Waals surface area contributed by atoms with Gasteiger partial charge in [-0.3, -0.25) is 19.6 Å². The number of hydrogen-bond acceptors (Lipinski definition) is 7. The Morgan fingerprint density at radius 1 is 1.06 bits per heavy atom. The first-order chi connectivity index (χ1) is 21.9. The SMILES string of the molecule is C[C@@H]1CN(CC(=O)N2CC(C)(C)c3ncc(Cc4ccc(F)cc4)cc32)[C@@H](CN2CCOCC2C(F)(F)F)CN1C(=O)OC(C)(C)C. The second kappa shape index (κ2) is 13.3. The normalized spacial score (nSPS) is 23.9. The van der Waals surface area contributed by atoms with E-state index in [0.29, 0.717) is 18.7 Å². The van der Waals surface area contributed by atoms with Crippen LogP contribution in [0.4, 0.5) is 28.0 Å². The van der Waals surface area contributed by atoms with Crippen molar-refractivity contribution in [2.75, 3.05) is 57.4 Å². The van der Waals surface area contributed by atoms with Crippen molar-refractivity contribution in [2.24, 2.45) is 0 Å². The summed E-state index contributed by atoms with van der Waals surface area (Å²) in [5.41, 5.74) is 2.09. The first kappa shape index (κ1) is 35.0. The molecule has 1 aromatic carbocycles. The van der Waals surface area contributed by atoms with E-state index in [1.165, 1.54) is 17.0 Å². The molecule has 4 heterocycles. The van der Waals surface area contributed by atoms with E-state index in [0.717, 1.165) is 16.8 Å². The summed E-state index contributed by atoms with van der Waals surface area (Å²) < 4.78 is 66.3. The Kier molecular flexibility index (Phi) is 9.92. The number of anilines is 1. The molecule has 5 rings (SSSR count). The molecule has 2 amide bonds. The summed E-state index contributed by atoms with van der Waals surface area (Å²) in [6.45, 7) is 11.7. The van der Waals surface area contributed by atoms with Gasteiger partial charge in [0.2, 0.25) is 5.91 Å². The molecule has 2 saturated heterocycles. The molecule has 0 bridgehead atoms. The Morgan fingerprint density at radius 3 is 2.43 bits per heavy atom. The summed E-state index contributed by atoms with van der Waals surface area (Å²) in [6, 6.07) is 5.50. The molecule has 3 aliphatic rings. The van der Waals surface area contributed by atoms with Crippen LogP contribution in [0.2, 0.25) is 0 Å². The number of halogens is 4. The molecule has 2 aromatic rings. The lowest BCUT2D eigenvalue weighted by Crippen LogP contribution is -2.65. The third kappa shape index (κ3) is 8.24. The maximum absolute atomic E-state index is 14.1. The van der Waals surface area contributed by atoms with Crippen LogP contribution in [0.5, 0.6) is 0 Å². The van der Waals surface area contributed by atoms with Gasteiger partial charge in [0.15, 0.2) is 0 Å². The molecule has 3 atom stereocenters. The van der Waals surface area contributed by atoms with Crippen molar-refractivity contribution in [2.45, 2.75) is 83.3 Å². The van der Waals surface area contributed by atoms with Gasteiger partial charge < -0.3 is 19.3 Å². The lowest BCUT2D eigenvalue weighted by molar-refractivity contribution is -0.214. The average Bonchev–Trinajstić information content (AvgIpc) is 3.24. The summed E-state index contributed by atoms with van der Waals surface area (Å²) in [5.74, 6) is -0.517. The van der Waals surface area contributed by atoms with Gasteiger partial charge in [0.05, 0.1) is 31.1 Å². The fourth-order valence-electron chi connectivity index (χ4n) is 6.67. The zero-order valence-electron chi connectivity index (χ0n) is 27.9. The minimum Gasteiger partial charge on any atom is -0.444 e. The molecule has 9 nitrogen and oxygen atoms in total. The highest BCUT2D eigenvalue weighted by atomic mass is 19.4. The van der Waals surface area contributed by atoms with Crippen LogP contribution in [0, 0.1) is 5.82 Å². The van der Waals surface area contributed by atoms with Crippen molar-refractivity contribution in [1.82, 2.24) is 19.7 Å². The van der Waals surface area contributed by atoms with E-state index in [2.05, 4.69) is 0 Å². The summed E-state index contributed by atoms with van der Waals surface area (Å²) in [4.78, 5) is 38.6. The predicted molar refractivity (Wildman–Crippen MR) is 169 cm³/mol. The van der Waals surface area contributed by atoms with Crippen molar-refractivity contribution in [1.29, 1.82) is 0 Å². The quantitative estimate of drug-likeness (QED) is 0.403. The average molecular weight is 664 g/mol. The number of alkyl halides is 3. The Balaban J connectivity index is 1.39. The number of hydrogen-bond donors (Lipinski definition) is 0. The molecule has 47 heavy (non-hydrogen) atoms. The standard InChI is InChI=1S/C34H45F4N5O4/c1-22-16-41(26(18-42(22)31(45)47-32(2,3)4)17-40-11-12-46-20-28(40)34(36,37)38)19-29(44)43-21-33(5,6)30-27(43)14-24(15-39-30)13-23-7-9-25(35)10-8-23/h7-10,14-15,22,26,28H,11-13,16-21H2,1-6H3/t22-,26+,28?/m1/s1. The molecule has 0 saturated carbocycles. The highest BCUT2D eigenvalue weighted by Crippen LogP contribution is 2.40. The van der Waals surface area contributed by atoms with Crippen LogP contribution in [0.1, 0.15) is 58.4 Å². The maximum Gasteiger partial charge on any atom is 0.410 e. The van der Waals surface area contributed by atoms with Crippen LogP contribution in [-0.4, -0.2) is 114 Å². The number of pyridine rings is 1. The summed E-state index contributed by atoms with van der Waals surface area (Å²) in [5, 5.41) is 0. The van der Waals surface area contributed by atoms with Gasteiger partial charge in [-0.1, -0.05) is 26.0 Å². The van der Waals surface area contributed by atoms with Crippen LogP contribution < -0.4 is 4.90 Å². The minimum absolute atomic E-state index is 0.00170. The van der Waals surface area contributed by atoms with Crippen LogP contribution >= 0.6 is 0 Å². The number of piperazine rings is 1. The Labute approximate surface area is 273 Å². The topological polar surface area (TPSA) is 78.5 Å². The highest BCUT2D eigenvalue weighted by Gasteiger charge is 2.48. The van der Waals surface area contributed by atoms with Gasteiger partial charge in [-0.15, -0.1) is 0 Å². The first-order valence-electron chi connectivity index (χ1n) is 16.1. The number of ether oxygens (including phenoxy) is 2. The number of fused-ring (bicyclic) bond motifs is 1. The molecule has 0 N–H and O–H groups in total. The Bertz CT molecular complexity index is 1450. The molecular weight excluding hydrogens is 618 g/mol. The van der Waals surface area contributed by atoms with Crippen LogP contribution in [0.15, 0.2) is 36.5 Å². The zero-order chi connectivity index (χ0) is 34.3. The second-order valence-corrected chi connectivity index (χ2v) is 14.6. The summed E-state index contributed by atoms with van der Waals surface area (Å²) in [6.07, 6.45) is -2.73. The Hall–Kier alpha value is -3.29. The van der Waals surface area contributed by atoms with Crippen molar-refractivity contribution in [3.8, 4) is 0 Å². The van der Waals surface area contributed by atoms with Crippen LogP contribution in [0.3, 0.4) is 0 Å². The summed E-state index contributed by atoms with van der Waals surface area (Å²) >= 11 is 0. The molecular formula is C34H45F4N5O4. The van der Waals surface area contributed by atoms with Gasteiger partial charge in [0.25, 0.3) is 0 Å². The molecule has 0 radical (unpaired) electrons. The molecule has 0 aliphatic carbocycles. The van der Waals surface area contributed by atoms with E-state index < -0.39 is 42.0 Å². The number of carbonyl (C=O) groups excluding carboxylic acids is 2. The molecule has 2 fully saturated rings. The molecule has 1 unspecified atom stereocenters. The van der Waals surface area contributed by atoms with Crippen LogP contribution in [-0.2, 0) is 26.1 Å². The molecule has 3 aliphatic heterocycles. The number of benzene rings is 1. The van der Waals surface area contributed by atoms with Gasteiger partial charge in [-0.25, -0.2) is 9.18 Å². The number of aromatic nitrogens is 1. The fraction of sp³-hybridized carbons (Fsp3) is 0.618. The van der Waals surface area contributed by atoms with Gasteiger partial charge >= 0.3 is 12.3 Å². The lowest BCUT2D eigenvalue weighted by atomic mass is 9.91. The first-order valence-corrected chi connectivity index (χ1v) is 16.1. The van der Waals surface area contributed by atoms with E-state index >= 15 is 0 Å². The van der Waals surface area contributed by atoms with Crippen molar-refractivity contribution in [3.63, 3.8) is 0 Å². The molecule has 258 valence electrons. The maximum atomic E-state index is 14.1. The van der Waals surface area contributed by atoms with E-state index in [4.69, 9.17) is 14.5 Å². The van der Waals surface area contributed by atoms with Gasteiger partial charge in [-0.05, 0) is 63.4 Å². The smallest absolute Gasteiger partial charge is 0.410 e. The van der Waals surface area contributed by atoms with Crippen molar-refractivity contribution < 1.29 is 36.6 Å². The number of amides is 2. The largest absolute Gasteiger partial charge is 0.444 e. The van der Waals surface area contributed by atoms with Gasteiger partial charge in [-0.2, -0.15) is 13.2 Å². The number of carbonyl (C=O) groups is 2. The molecule has 0 spiro atoms. The lowest BCUT2D eigenvalue weighted by Gasteiger charge is -2.48.